The van der Waals surface area contributed by atoms with E-state index >= 15 is 0 Å². The summed E-state index contributed by atoms with van der Waals surface area (Å²) < 4.78 is 11.2. The Kier molecular flexibility index (Phi) is 23.5. The summed E-state index contributed by atoms with van der Waals surface area (Å²) in [6.07, 6.45) is 2.07. The average Bonchev–Trinajstić information content (AvgIpc) is 4.06. The minimum atomic E-state index is -1.57. The third-order valence-corrected chi connectivity index (χ3v) is 12.3. The molecule has 0 bridgehead atoms. The van der Waals surface area contributed by atoms with Crippen LogP contribution in [0.15, 0.2) is 65.8 Å². The Labute approximate surface area is 417 Å². The van der Waals surface area contributed by atoms with Crippen molar-refractivity contribution in [1.29, 1.82) is 0 Å². The number of unbranched alkanes of at least 4 members (excludes halogenated alkanes) is 2. The lowest BCUT2D eigenvalue weighted by atomic mass is 9.93. The highest BCUT2D eigenvalue weighted by molar-refractivity contribution is 5.98. The van der Waals surface area contributed by atoms with Crippen molar-refractivity contribution < 1.29 is 62.8 Å². The summed E-state index contributed by atoms with van der Waals surface area (Å²) in [5, 5.41) is 31.9. The second kappa shape index (κ2) is 29.7. The quantitative estimate of drug-likeness (QED) is 0.0170. The number of Topliss-reactive ketones (excluding diaryl/α,β-unsaturated/α-hetero) is 1. The number of hydrogen-bond acceptors (Lipinski definition) is 13. The van der Waals surface area contributed by atoms with E-state index in [1.54, 1.807) is 42.5 Å². The third kappa shape index (κ3) is 18.7. The minimum Gasteiger partial charge on any atom is -0.481 e. The number of nitro groups is 1. The molecule has 2 aromatic carbocycles. The Morgan fingerprint density at radius 1 is 0.833 bits per heavy atom. The summed E-state index contributed by atoms with van der Waals surface area (Å²) in [6, 6.07) is 12.2. The monoisotopic (exact) mass is 1010 g/mol. The van der Waals surface area contributed by atoms with E-state index in [4.69, 9.17) is 20.3 Å². The van der Waals surface area contributed by atoms with E-state index in [-0.39, 0.29) is 89.0 Å². The number of guanidine groups is 1. The lowest BCUT2D eigenvalue weighted by molar-refractivity contribution is -0.485. The number of ether oxygens (including phenoxy) is 2. The van der Waals surface area contributed by atoms with Gasteiger partial charge in [0, 0.05) is 38.9 Å². The maximum Gasteiger partial charge on any atom is 0.338 e. The molecule has 2 saturated heterocycles. The molecule has 4 rings (SSSR count). The van der Waals surface area contributed by atoms with Crippen LogP contribution in [0.4, 0.5) is 0 Å². The van der Waals surface area contributed by atoms with Crippen LogP contribution in [-0.2, 0) is 54.4 Å². The molecule has 392 valence electrons. The second-order valence-corrected chi connectivity index (χ2v) is 17.7. The van der Waals surface area contributed by atoms with Crippen LogP contribution in [0.5, 0.6) is 0 Å². The highest BCUT2D eigenvalue weighted by Gasteiger charge is 2.44. The normalized spacial score (nSPS) is 17.1. The molecule has 0 spiro atoms. The van der Waals surface area contributed by atoms with Crippen molar-refractivity contribution in [2.24, 2.45) is 16.8 Å². The molecule has 2 fully saturated rings. The highest BCUT2D eigenvalue weighted by atomic mass is 16.7. The fourth-order valence-electron chi connectivity index (χ4n) is 8.55. The van der Waals surface area contributed by atoms with Gasteiger partial charge >= 0.3 is 17.9 Å². The first kappa shape index (κ1) is 57.1. The summed E-state index contributed by atoms with van der Waals surface area (Å²) in [5.41, 5.74) is 6.44. The average molecular weight is 1010 g/mol. The summed E-state index contributed by atoms with van der Waals surface area (Å²) in [4.78, 5) is 134. The Morgan fingerprint density at radius 2 is 1.50 bits per heavy atom. The number of amides is 5. The number of benzene rings is 2. The van der Waals surface area contributed by atoms with Crippen molar-refractivity contribution in [2.45, 2.75) is 141 Å². The molecule has 23 heteroatoms. The smallest absolute Gasteiger partial charge is 0.338 e. The predicted molar refractivity (Wildman–Crippen MR) is 258 cm³/mol. The lowest BCUT2D eigenvalue weighted by Gasteiger charge is -2.34. The van der Waals surface area contributed by atoms with Gasteiger partial charge in [-0.15, -0.1) is 0 Å². The number of carbonyl (C=O) groups is 9. The van der Waals surface area contributed by atoms with Crippen LogP contribution in [0.1, 0.15) is 120 Å². The van der Waals surface area contributed by atoms with E-state index in [1.807, 2.05) is 13.0 Å². The van der Waals surface area contributed by atoms with E-state index in [1.165, 1.54) is 28.9 Å². The zero-order valence-electron chi connectivity index (χ0n) is 40.8. The van der Waals surface area contributed by atoms with Gasteiger partial charge in [0.25, 0.3) is 5.96 Å². The molecular weight excluding hydrogens is 939 g/mol. The summed E-state index contributed by atoms with van der Waals surface area (Å²) in [7, 11) is 0. The topological polar surface area (TPSA) is 328 Å². The van der Waals surface area contributed by atoms with Gasteiger partial charge in [0.2, 0.25) is 29.5 Å². The number of ketones is 1. The van der Waals surface area contributed by atoms with Gasteiger partial charge in [0.05, 0.1) is 24.1 Å². The van der Waals surface area contributed by atoms with Crippen LogP contribution in [0.2, 0.25) is 0 Å². The number of esters is 2. The number of likely N-dealkylation sites (tertiary alicyclic amines) is 2. The SMILES string of the molecule is CCCCCC(NC(=O)C(NC(=O)CNC(=O)CCCC(=O)O)C(C)OC(=O)c1ccccc1)C(=O)N1CCCC1C(=O)N1CCCC1C(=O)CC(CCCN/C(N)=N\[N+](=O)[O-])C(=O)OCc1ccccc1. The molecule has 72 heavy (non-hydrogen) atoms. The summed E-state index contributed by atoms with van der Waals surface area (Å²) in [5.74, 6) is -7.60. The Hall–Kier alpha value is -7.46. The number of nitrogens with two attached hydrogens (primary N) is 1. The van der Waals surface area contributed by atoms with Gasteiger partial charge in [0.1, 0.15) is 35.9 Å². The molecule has 0 saturated carbocycles. The van der Waals surface area contributed by atoms with Crippen LogP contribution < -0.4 is 27.0 Å². The standard InChI is InChI=1S/C49H67N9O14/c1-3-4-7-21-36(53-44(64)43(32(2)72-48(68)34-18-10-6-11-19-34)54-41(61)30-52-40(60)24-12-25-42(62)63)45(65)57-28-15-23-38(57)46(66)56-27-14-22-37(56)39(59)29-35(20-13-26-51-49(50)55-58(69)70)47(67)71-31-33-16-8-5-9-17-33/h5-6,8-11,16-19,32,35-38,43H,3-4,7,12-15,20-31H2,1-2H3,(H,52,60)(H,53,64)(H,54,61)(H,62,63)(H3,50,51,55). The third-order valence-electron chi connectivity index (χ3n) is 12.3. The zero-order chi connectivity index (χ0) is 52.6. The van der Waals surface area contributed by atoms with Crippen molar-refractivity contribution in [3.05, 3.63) is 81.9 Å². The van der Waals surface area contributed by atoms with Crippen LogP contribution in [0, 0.1) is 16.0 Å². The zero-order valence-corrected chi connectivity index (χ0v) is 40.8. The maximum atomic E-state index is 14.6. The van der Waals surface area contributed by atoms with Gasteiger partial charge in [-0.3, -0.25) is 38.4 Å². The maximum absolute atomic E-state index is 14.6. The molecular formula is C49H67N9O14. The van der Waals surface area contributed by atoms with E-state index < -0.39 is 101 Å². The number of nitrogens with zero attached hydrogens (tertiary/aromatic N) is 4. The largest absolute Gasteiger partial charge is 0.481 e. The number of carboxylic acids is 1. The van der Waals surface area contributed by atoms with E-state index in [0.717, 1.165) is 12.0 Å². The van der Waals surface area contributed by atoms with Gasteiger partial charge in [0.15, 0.2) is 10.8 Å². The number of hydrazone groups is 1. The summed E-state index contributed by atoms with van der Waals surface area (Å²) >= 11 is 0. The molecule has 0 aromatic heterocycles. The van der Waals surface area contributed by atoms with Gasteiger partial charge < -0.3 is 51.4 Å². The molecule has 2 aromatic rings. The minimum absolute atomic E-state index is 0.0352. The predicted octanol–water partition coefficient (Wildman–Crippen LogP) is 2.33. The fourth-order valence-corrected chi connectivity index (χ4v) is 8.55. The molecule has 23 nitrogen and oxygen atoms in total. The number of hydrogen-bond donors (Lipinski definition) is 6. The molecule has 6 atom stereocenters. The molecule has 2 heterocycles. The van der Waals surface area contributed by atoms with Crippen LogP contribution in [0.3, 0.4) is 0 Å². The van der Waals surface area contributed by atoms with E-state index in [9.17, 15) is 53.3 Å². The number of nitrogens with one attached hydrogen (secondary N) is 4. The Morgan fingerprint density at radius 3 is 2.17 bits per heavy atom. The lowest BCUT2D eigenvalue weighted by Crippen LogP contribution is -2.60. The molecule has 7 N–H and O–H groups in total. The van der Waals surface area contributed by atoms with Crippen molar-refractivity contribution in [3.8, 4) is 0 Å². The van der Waals surface area contributed by atoms with Gasteiger partial charge in [-0.1, -0.05) is 74.7 Å². The van der Waals surface area contributed by atoms with Crippen LogP contribution >= 0.6 is 0 Å². The molecule has 0 radical (unpaired) electrons. The van der Waals surface area contributed by atoms with Gasteiger partial charge in [-0.2, -0.15) is 0 Å². The fraction of sp³-hybridized carbons (Fsp3) is 0.551. The first-order valence-electron chi connectivity index (χ1n) is 24.4. The summed E-state index contributed by atoms with van der Waals surface area (Å²) in [6.45, 7) is 3.19. The van der Waals surface area contributed by atoms with Crippen LogP contribution in [0.25, 0.3) is 0 Å². The number of carboxylic acid groups (broad SMARTS) is 1. The van der Waals surface area contributed by atoms with Gasteiger partial charge in [-0.05, 0) is 76.0 Å². The van der Waals surface area contributed by atoms with Crippen molar-refractivity contribution in [2.75, 3.05) is 26.2 Å². The molecule has 5 amide bonds. The van der Waals surface area contributed by atoms with Crippen LogP contribution in [-0.4, -0.2) is 136 Å². The Balaban J connectivity index is 1.50. The second-order valence-electron chi connectivity index (χ2n) is 17.7. The van der Waals surface area contributed by atoms with Gasteiger partial charge in [-0.25, -0.2) is 14.9 Å². The number of aliphatic carboxylic acids is 1. The molecule has 2 aliphatic heterocycles. The number of rotatable bonds is 29. The number of carbonyl (C=O) groups excluding carboxylic acids is 8. The molecule has 2 aliphatic rings. The molecule has 6 unspecified atom stereocenters. The van der Waals surface area contributed by atoms with Crippen molar-refractivity contribution in [1.82, 2.24) is 31.1 Å². The first-order chi connectivity index (χ1) is 34.5. The van der Waals surface area contributed by atoms with Crippen molar-refractivity contribution in [3.63, 3.8) is 0 Å². The van der Waals surface area contributed by atoms with E-state index in [0.29, 0.717) is 32.1 Å². The van der Waals surface area contributed by atoms with E-state index in [2.05, 4.69) is 26.4 Å². The first-order valence-corrected chi connectivity index (χ1v) is 24.4. The molecule has 0 aliphatic carbocycles. The van der Waals surface area contributed by atoms with Crippen molar-refractivity contribution >= 4 is 59.2 Å². The highest BCUT2D eigenvalue weighted by Crippen LogP contribution is 2.29. The Bertz CT molecular complexity index is 2230.